The van der Waals surface area contributed by atoms with Crippen LogP contribution < -0.4 is 5.32 Å². The molecule has 1 N–H and O–H groups in total. The van der Waals surface area contributed by atoms with E-state index >= 15 is 0 Å². The lowest BCUT2D eigenvalue weighted by molar-refractivity contribution is 0.0955. The van der Waals surface area contributed by atoms with Crippen LogP contribution in [0.15, 0.2) is 12.3 Å². The van der Waals surface area contributed by atoms with Crippen molar-refractivity contribution in [1.82, 2.24) is 15.1 Å². The van der Waals surface area contributed by atoms with Crippen LogP contribution in [0.1, 0.15) is 10.5 Å². The molecule has 1 aromatic rings. The molecule has 1 heterocycles. The quantitative estimate of drug-likeness (QED) is 0.588. The summed E-state index contributed by atoms with van der Waals surface area (Å²) in [6.45, 7) is 0. The zero-order chi connectivity index (χ0) is 7.56. The Morgan fingerprint density at radius 2 is 2.60 bits per heavy atom. The fraction of sp³-hybridized carbons (Fsp3) is 0.167. The van der Waals surface area contributed by atoms with Gasteiger partial charge in [0.15, 0.2) is 0 Å². The average Bonchev–Trinajstić information content (AvgIpc) is 2.34. The van der Waals surface area contributed by atoms with Crippen LogP contribution in [-0.2, 0) is 0 Å². The van der Waals surface area contributed by atoms with Gasteiger partial charge in [-0.15, -0.1) is 0 Å². The predicted octanol–water partition coefficient (Wildman–Crippen LogP) is -0.118. The summed E-state index contributed by atoms with van der Waals surface area (Å²) in [5.41, 5.74) is 0.461. The maximum atomic E-state index is 10.9. The lowest BCUT2D eigenvalue weighted by Gasteiger charge is -1.97. The Labute approximate surface area is 58.8 Å². The van der Waals surface area contributed by atoms with Crippen molar-refractivity contribution in [2.24, 2.45) is 0 Å². The van der Waals surface area contributed by atoms with E-state index in [0.717, 1.165) is 0 Å². The van der Waals surface area contributed by atoms with Crippen molar-refractivity contribution in [1.29, 1.82) is 0 Å². The minimum Gasteiger partial charge on any atom is -0.354 e. The van der Waals surface area contributed by atoms with E-state index < -0.39 is 0 Å². The van der Waals surface area contributed by atoms with Crippen molar-refractivity contribution in [2.45, 2.75) is 0 Å². The molecule has 10 heavy (non-hydrogen) atoms. The molecule has 0 spiro atoms. The first-order chi connectivity index (χ1) is 4.75. The van der Waals surface area contributed by atoms with Crippen LogP contribution in [0, 0.1) is 7.05 Å². The summed E-state index contributed by atoms with van der Waals surface area (Å²) in [7, 11) is 5.06. The summed E-state index contributed by atoms with van der Waals surface area (Å²) in [5, 5.41) is 6.20. The predicted molar refractivity (Wildman–Crippen MR) is 36.4 cm³/mol. The van der Waals surface area contributed by atoms with Crippen molar-refractivity contribution in [3.8, 4) is 0 Å². The Bertz CT molecular complexity index is 241. The number of carbonyl (C=O) groups excluding carboxylic acids is 1. The van der Waals surface area contributed by atoms with Gasteiger partial charge in [-0.2, -0.15) is 5.10 Å². The molecule has 53 valence electrons. The monoisotopic (exact) mass is 138 g/mol. The van der Waals surface area contributed by atoms with Gasteiger partial charge >= 0.3 is 0 Å². The van der Waals surface area contributed by atoms with Gasteiger partial charge in [0.2, 0.25) is 0 Å². The molecule has 0 aliphatic carbocycles. The molecule has 0 aromatic carbocycles. The molecule has 0 bridgehead atoms. The molecule has 0 atom stereocenters. The molecule has 4 heteroatoms. The number of nitrogens with zero attached hydrogens (tertiary/aromatic N) is 2. The summed E-state index contributed by atoms with van der Waals surface area (Å²) in [6, 6.07) is 1.60. The second-order valence-corrected chi connectivity index (χ2v) is 1.80. The van der Waals surface area contributed by atoms with Crippen molar-refractivity contribution >= 4 is 5.91 Å². The van der Waals surface area contributed by atoms with E-state index in [9.17, 15) is 4.79 Å². The number of nitrogens with one attached hydrogen (secondary N) is 1. The number of aromatic nitrogens is 2. The molecule has 0 saturated heterocycles. The number of amides is 1. The number of rotatable bonds is 1. The first-order valence-electron chi connectivity index (χ1n) is 2.82. The largest absolute Gasteiger partial charge is 0.354 e. The minimum atomic E-state index is -0.174. The van der Waals surface area contributed by atoms with Crippen molar-refractivity contribution in [2.75, 3.05) is 7.05 Å². The third-order valence-electron chi connectivity index (χ3n) is 1.18. The third-order valence-corrected chi connectivity index (χ3v) is 1.18. The van der Waals surface area contributed by atoms with Gasteiger partial charge in [0.25, 0.3) is 5.91 Å². The van der Waals surface area contributed by atoms with Gasteiger partial charge in [0.1, 0.15) is 5.69 Å². The summed E-state index contributed by atoms with van der Waals surface area (Å²) >= 11 is 0. The van der Waals surface area contributed by atoms with Gasteiger partial charge in [-0.05, 0) is 6.07 Å². The first-order valence-corrected chi connectivity index (χ1v) is 2.82. The lowest BCUT2D eigenvalue weighted by atomic mass is 10.4. The second kappa shape index (κ2) is 2.51. The Hall–Kier alpha value is -1.32. The lowest BCUT2D eigenvalue weighted by Crippen LogP contribution is -2.20. The third kappa shape index (κ3) is 1.00. The van der Waals surface area contributed by atoms with E-state index in [4.69, 9.17) is 0 Å². The van der Waals surface area contributed by atoms with Gasteiger partial charge in [-0.3, -0.25) is 9.48 Å². The van der Waals surface area contributed by atoms with Crippen molar-refractivity contribution in [3.63, 3.8) is 0 Å². The maximum Gasteiger partial charge on any atom is 0.269 e. The highest BCUT2D eigenvalue weighted by atomic mass is 16.1. The van der Waals surface area contributed by atoms with E-state index in [-0.39, 0.29) is 5.91 Å². The molecule has 0 fully saturated rings. The molecule has 0 aliphatic rings. The van der Waals surface area contributed by atoms with Crippen LogP contribution >= 0.6 is 0 Å². The Morgan fingerprint density at radius 3 is 3.00 bits per heavy atom. The minimum absolute atomic E-state index is 0.174. The zero-order valence-electron chi connectivity index (χ0n) is 5.66. The molecule has 1 amide bonds. The molecule has 0 aliphatic heterocycles. The normalized spacial score (nSPS) is 9.40. The Balaban J connectivity index is 2.93. The van der Waals surface area contributed by atoms with Gasteiger partial charge in [0, 0.05) is 13.2 Å². The smallest absolute Gasteiger partial charge is 0.269 e. The van der Waals surface area contributed by atoms with Crippen LogP contribution in [0.25, 0.3) is 0 Å². The molecular formula is C6H8N3O. The number of carbonyl (C=O) groups is 1. The van der Waals surface area contributed by atoms with Crippen LogP contribution in [0.3, 0.4) is 0 Å². The molecule has 0 unspecified atom stereocenters. The van der Waals surface area contributed by atoms with Crippen LogP contribution in [-0.4, -0.2) is 22.7 Å². The fourth-order valence-electron chi connectivity index (χ4n) is 0.654. The van der Waals surface area contributed by atoms with Gasteiger partial charge < -0.3 is 5.32 Å². The summed E-state index contributed by atoms with van der Waals surface area (Å²) in [6.07, 6.45) is 1.53. The highest BCUT2D eigenvalue weighted by Crippen LogP contribution is 1.94. The van der Waals surface area contributed by atoms with Crippen molar-refractivity contribution < 1.29 is 4.79 Å². The van der Waals surface area contributed by atoms with E-state index in [1.807, 2.05) is 0 Å². The second-order valence-electron chi connectivity index (χ2n) is 1.80. The Kier molecular flexibility index (Phi) is 1.71. The van der Waals surface area contributed by atoms with E-state index in [1.54, 1.807) is 13.1 Å². The first kappa shape index (κ1) is 6.80. The molecule has 0 saturated carbocycles. The molecule has 4 nitrogen and oxygen atoms in total. The molecular weight excluding hydrogens is 130 g/mol. The van der Waals surface area contributed by atoms with Crippen LogP contribution in [0.2, 0.25) is 0 Å². The van der Waals surface area contributed by atoms with Crippen LogP contribution in [0.4, 0.5) is 0 Å². The summed E-state index contributed by atoms with van der Waals surface area (Å²) in [4.78, 5) is 10.9. The highest BCUT2D eigenvalue weighted by Gasteiger charge is 2.05. The Morgan fingerprint density at radius 1 is 1.90 bits per heavy atom. The average molecular weight is 138 g/mol. The van der Waals surface area contributed by atoms with E-state index in [0.29, 0.717) is 5.69 Å². The van der Waals surface area contributed by atoms with E-state index in [2.05, 4.69) is 17.5 Å². The fourth-order valence-corrected chi connectivity index (χ4v) is 0.654. The molecule has 1 radical (unpaired) electrons. The van der Waals surface area contributed by atoms with E-state index in [1.165, 1.54) is 10.9 Å². The molecule has 1 rings (SSSR count). The SMILES string of the molecule is [CH2]n1nccc1C(=O)NC. The highest BCUT2D eigenvalue weighted by molar-refractivity contribution is 5.92. The maximum absolute atomic E-state index is 10.9. The van der Waals surface area contributed by atoms with Crippen molar-refractivity contribution in [3.05, 3.63) is 25.0 Å². The van der Waals surface area contributed by atoms with Gasteiger partial charge in [-0.1, -0.05) is 0 Å². The number of hydrogen-bond acceptors (Lipinski definition) is 2. The van der Waals surface area contributed by atoms with Gasteiger partial charge in [0.05, 0.1) is 7.05 Å². The topological polar surface area (TPSA) is 46.9 Å². The van der Waals surface area contributed by atoms with Crippen LogP contribution in [0.5, 0.6) is 0 Å². The van der Waals surface area contributed by atoms with Gasteiger partial charge in [-0.25, -0.2) is 0 Å². The molecule has 1 aromatic heterocycles. The summed E-state index contributed by atoms with van der Waals surface area (Å²) < 4.78 is 1.28. The summed E-state index contributed by atoms with van der Waals surface area (Å²) in [5.74, 6) is -0.174. The standard InChI is InChI=1S/C6H8N3O/c1-7-6(10)5-3-4-8-9(5)2/h3-4H,2H2,1H3,(H,7,10). The zero-order valence-corrected chi connectivity index (χ0v) is 5.66. The number of hydrogen-bond donors (Lipinski definition) is 1.